The van der Waals surface area contributed by atoms with Gasteiger partial charge in [-0.05, 0) is 33.1 Å². The van der Waals surface area contributed by atoms with Gasteiger partial charge < -0.3 is 15.4 Å². The monoisotopic (exact) mass is 402 g/mol. The molecule has 2 unspecified atom stereocenters. The first kappa shape index (κ1) is 22.4. The lowest BCUT2D eigenvalue weighted by atomic mass is 9.58. The molecular formula is C19H38N4O3S. The number of nitrogens with zero attached hydrogens (tertiary/aromatic N) is 2. The lowest BCUT2D eigenvalue weighted by Gasteiger charge is -2.55. The van der Waals surface area contributed by atoms with Gasteiger partial charge in [0.2, 0.25) is 0 Å². The van der Waals surface area contributed by atoms with Crippen LogP contribution in [0.1, 0.15) is 47.0 Å². The molecule has 27 heavy (non-hydrogen) atoms. The maximum Gasteiger partial charge on any atom is 0.191 e. The lowest BCUT2D eigenvalue weighted by Crippen LogP contribution is -2.65. The van der Waals surface area contributed by atoms with Gasteiger partial charge in [0.25, 0.3) is 0 Å². The van der Waals surface area contributed by atoms with Crippen LogP contribution in [0.2, 0.25) is 0 Å². The van der Waals surface area contributed by atoms with Crippen LogP contribution in [0.4, 0.5) is 0 Å². The SMILES string of the molecule is CCNC(=NCCN1CCS(=O)(=O)CC1)NC1CC(OCC)C1(CC)CC. The van der Waals surface area contributed by atoms with Gasteiger partial charge in [0.05, 0.1) is 24.2 Å². The van der Waals surface area contributed by atoms with Crippen LogP contribution in [0.25, 0.3) is 0 Å². The van der Waals surface area contributed by atoms with Gasteiger partial charge in [-0.2, -0.15) is 0 Å². The van der Waals surface area contributed by atoms with Crippen molar-refractivity contribution in [1.82, 2.24) is 15.5 Å². The number of sulfone groups is 1. The Morgan fingerprint density at radius 2 is 1.85 bits per heavy atom. The fourth-order valence-electron chi connectivity index (χ4n) is 4.35. The number of ether oxygens (including phenoxy) is 1. The van der Waals surface area contributed by atoms with Crippen molar-refractivity contribution in [2.75, 3.05) is 50.8 Å². The predicted octanol–water partition coefficient (Wildman–Crippen LogP) is 1.26. The summed E-state index contributed by atoms with van der Waals surface area (Å²) >= 11 is 0. The Morgan fingerprint density at radius 1 is 1.19 bits per heavy atom. The molecule has 0 aromatic heterocycles. The first-order valence-electron chi connectivity index (χ1n) is 10.5. The zero-order valence-electron chi connectivity index (χ0n) is 17.5. The van der Waals surface area contributed by atoms with Crippen LogP contribution in [-0.4, -0.2) is 82.3 Å². The van der Waals surface area contributed by atoms with E-state index in [0.717, 1.165) is 44.9 Å². The van der Waals surface area contributed by atoms with Crippen LogP contribution in [0.15, 0.2) is 4.99 Å². The summed E-state index contributed by atoms with van der Waals surface area (Å²) in [5, 5.41) is 6.98. The topological polar surface area (TPSA) is 83.0 Å². The average molecular weight is 403 g/mol. The molecule has 2 N–H and O–H groups in total. The Kier molecular flexibility index (Phi) is 8.37. The number of guanidine groups is 1. The average Bonchev–Trinajstić information content (AvgIpc) is 2.63. The van der Waals surface area contributed by atoms with E-state index in [4.69, 9.17) is 9.73 Å². The van der Waals surface area contributed by atoms with Crippen LogP contribution in [-0.2, 0) is 14.6 Å². The summed E-state index contributed by atoms with van der Waals surface area (Å²) in [6, 6.07) is 0.377. The molecule has 0 aromatic carbocycles. The van der Waals surface area contributed by atoms with E-state index in [1.165, 1.54) is 0 Å². The number of hydrogen-bond donors (Lipinski definition) is 2. The fraction of sp³-hybridized carbons (Fsp3) is 0.947. The maximum atomic E-state index is 11.5. The van der Waals surface area contributed by atoms with Crippen molar-refractivity contribution in [3.8, 4) is 0 Å². The van der Waals surface area contributed by atoms with Crippen molar-refractivity contribution < 1.29 is 13.2 Å². The van der Waals surface area contributed by atoms with Gasteiger partial charge in [-0.15, -0.1) is 0 Å². The molecule has 1 aliphatic heterocycles. The van der Waals surface area contributed by atoms with E-state index in [0.29, 0.717) is 31.8 Å². The van der Waals surface area contributed by atoms with E-state index in [1.54, 1.807) is 0 Å². The van der Waals surface area contributed by atoms with Crippen LogP contribution >= 0.6 is 0 Å². The zero-order chi connectivity index (χ0) is 19.9. The Morgan fingerprint density at radius 3 is 2.41 bits per heavy atom. The van der Waals surface area contributed by atoms with E-state index in [2.05, 4.69) is 43.2 Å². The molecule has 2 rings (SSSR count). The van der Waals surface area contributed by atoms with Gasteiger partial charge in [-0.3, -0.25) is 9.89 Å². The van der Waals surface area contributed by atoms with Gasteiger partial charge in [0.1, 0.15) is 0 Å². The first-order chi connectivity index (χ1) is 12.9. The highest BCUT2D eigenvalue weighted by Gasteiger charge is 2.53. The normalized spacial score (nSPS) is 27.8. The predicted molar refractivity (Wildman–Crippen MR) is 111 cm³/mol. The molecule has 158 valence electrons. The minimum absolute atomic E-state index is 0.174. The Bertz CT molecular complexity index is 576. The summed E-state index contributed by atoms with van der Waals surface area (Å²) in [6.45, 7) is 12.9. The molecule has 0 amide bonds. The van der Waals surface area contributed by atoms with Gasteiger partial charge in [0.15, 0.2) is 15.8 Å². The highest BCUT2D eigenvalue weighted by molar-refractivity contribution is 7.91. The van der Waals surface area contributed by atoms with Crippen molar-refractivity contribution in [2.45, 2.75) is 59.1 Å². The number of nitrogens with one attached hydrogen (secondary N) is 2. The second-order valence-corrected chi connectivity index (χ2v) is 9.87. The van der Waals surface area contributed by atoms with E-state index in [1.807, 2.05) is 0 Å². The Balaban J connectivity index is 1.90. The molecule has 2 atom stereocenters. The molecule has 1 heterocycles. The smallest absolute Gasteiger partial charge is 0.191 e. The van der Waals surface area contributed by atoms with Gasteiger partial charge in [-0.1, -0.05) is 13.8 Å². The largest absolute Gasteiger partial charge is 0.378 e. The van der Waals surface area contributed by atoms with Crippen LogP contribution in [0, 0.1) is 5.41 Å². The van der Waals surface area contributed by atoms with E-state index < -0.39 is 9.84 Å². The standard InChI is InChI=1S/C19H38N4O3S/c1-5-19(6-2)16(15-17(19)26-8-4)22-18(20-7-3)21-9-10-23-11-13-27(24,25)14-12-23/h16-17H,5-15H2,1-4H3,(H2,20,21,22). The van der Waals surface area contributed by atoms with Gasteiger partial charge in [0, 0.05) is 44.2 Å². The lowest BCUT2D eigenvalue weighted by molar-refractivity contribution is -0.133. The molecule has 0 spiro atoms. The minimum Gasteiger partial charge on any atom is -0.378 e. The van der Waals surface area contributed by atoms with Crippen molar-refractivity contribution in [3.05, 3.63) is 0 Å². The fourth-order valence-corrected chi connectivity index (χ4v) is 5.62. The molecule has 1 saturated carbocycles. The Hall–Kier alpha value is -0.860. The summed E-state index contributed by atoms with van der Waals surface area (Å²) in [5.41, 5.74) is 0.174. The summed E-state index contributed by atoms with van der Waals surface area (Å²) in [7, 11) is -2.82. The van der Waals surface area contributed by atoms with Crippen molar-refractivity contribution >= 4 is 15.8 Å². The Labute approximate surface area is 165 Å². The molecule has 0 radical (unpaired) electrons. The third-order valence-electron chi connectivity index (χ3n) is 6.25. The molecule has 0 aromatic rings. The third kappa shape index (κ3) is 5.57. The molecule has 7 nitrogen and oxygen atoms in total. The molecular weight excluding hydrogens is 364 g/mol. The summed E-state index contributed by atoms with van der Waals surface area (Å²) in [6.07, 6.45) is 3.53. The van der Waals surface area contributed by atoms with Crippen molar-refractivity contribution in [2.24, 2.45) is 10.4 Å². The molecule has 0 bridgehead atoms. The van der Waals surface area contributed by atoms with Gasteiger partial charge in [-0.25, -0.2) is 8.42 Å². The van der Waals surface area contributed by atoms with Crippen molar-refractivity contribution in [1.29, 1.82) is 0 Å². The quantitative estimate of drug-likeness (QED) is 0.446. The van der Waals surface area contributed by atoms with E-state index in [-0.39, 0.29) is 16.9 Å². The highest BCUT2D eigenvalue weighted by Crippen LogP contribution is 2.48. The summed E-state index contributed by atoms with van der Waals surface area (Å²) in [5.74, 6) is 1.39. The highest BCUT2D eigenvalue weighted by atomic mass is 32.2. The number of rotatable bonds is 9. The van der Waals surface area contributed by atoms with Gasteiger partial charge >= 0.3 is 0 Å². The number of hydrogen-bond acceptors (Lipinski definition) is 5. The van der Waals surface area contributed by atoms with Crippen LogP contribution in [0.5, 0.6) is 0 Å². The molecule has 1 saturated heterocycles. The summed E-state index contributed by atoms with van der Waals surface area (Å²) < 4.78 is 29.0. The maximum absolute atomic E-state index is 11.5. The van der Waals surface area contributed by atoms with E-state index >= 15 is 0 Å². The molecule has 2 fully saturated rings. The first-order valence-corrected chi connectivity index (χ1v) is 12.3. The summed E-state index contributed by atoms with van der Waals surface area (Å²) in [4.78, 5) is 6.92. The van der Waals surface area contributed by atoms with Crippen molar-refractivity contribution in [3.63, 3.8) is 0 Å². The van der Waals surface area contributed by atoms with Crippen LogP contribution < -0.4 is 10.6 Å². The zero-order valence-corrected chi connectivity index (χ0v) is 18.3. The second kappa shape index (κ2) is 10.1. The third-order valence-corrected chi connectivity index (χ3v) is 7.86. The molecule has 8 heteroatoms. The second-order valence-electron chi connectivity index (χ2n) is 7.57. The molecule has 2 aliphatic rings. The minimum atomic E-state index is -2.82. The molecule has 1 aliphatic carbocycles. The van der Waals surface area contributed by atoms with Crippen LogP contribution in [0.3, 0.4) is 0 Å². The van der Waals surface area contributed by atoms with E-state index in [9.17, 15) is 8.42 Å². The number of aliphatic imine (C=N–C) groups is 1.